The first-order valence-corrected chi connectivity index (χ1v) is 4.69. The Morgan fingerprint density at radius 2 is 2.08 bits per heavy atom. The summed E-state index contributed by atoms with van der Waals surface area (Å²) in [4.78, 5) is 6.54. The van der Waals surface area contributed by atoms with E-state index in [1.54, 1.807) is 0 Å². The van der Waals surface area contributed by atoms with Crippen LogP contribution >= 0.6 is 0 Å². The SMILES string of the molecule is Cc1cnc(CN(C)C)n1C(C)C. The summed E-state index contributed by atoms with van der Waals surface area (Å²) >= 11 is 0. The Balaban J connectivity index is 2.94. The van der Waals surface area contributed by atoms with Gasteiger partial charge in [0.2, 0.25) is 0 Å². The maximum Gasteiger partial charge on any atom is 0.123 e. The van der Waals surface area contributed by atoms with Crippen LogP contribution < -0.4 is 0 Å². The molecule has 1 rings (SSSR count). The van der Waals surface area contributed by atoms with Crippen LogP contribution in [0.1, 0.15) is 31.4 Å². The Morgan fingerprint density at radius 3 is 2.54 bits per heavy atom. The third-order valence-electron chi connectivity index (χ3n) is 2.03. The van der Waals surface area contributed by atoms with E-state index in [9.17, 15) is 0 Å². The zero-order valence-electron chi connectivity index (χ0n) is 9.20. The van der Waals surface area contributed by atoms with Gasteiger partial charge < -0.3 is 9.47 Å². The summed E-state index contributed by atoms with van der Waals surface area (Å²) in [5, 5.41) is 0. The third-order valence-corrected chi connectivity index (χ3v) is 2.03. The van der Waals surface area contributed by atoms with Gasteiger partial charge in [0, 0.05) is 17.9 Å². The highest BCUT2D eigenvalue weighted by molar-refractivity contribution is 5.04. The van der Waals surface area contributed by atoms with E-state index in [1.165, 1.54) is 5.69 Å². The molecule has 0 aromatic carbocycles. The topological polar surface area (TPSA) is 21.1 Å². The van der Waals surface area contributed by atoms with E-state index < -0.39 is 0 Å². The van der Waals surface area contributed by atoms with Gasteiger partial charge in [0.05, 0.1) is 6.54 Å². The van der Waals surface area contributed by atoms with Crippen molar-refractivity contribution in [3.63, 3.8) is 0 Å². The van der Waals surface area contributed by atoms with E-state index in [2.05, 4.69) is 49.3 Å². The van der Waals surface area contributed by atoms with Crippen LogP contribution in [0.25, 0.3) is 0 Å². The average molecular weight is 181 g/mol. The molecule has 74 valence electrons. The van der Waals surface area contributed by atoms with Crippen LogP contribution in [0.2, 0.25) is 0 Å². The van der Waals surface area contributed by atoms with Crippen LogP contribution in [0.5, 0.6) is 0 Å². The maximum atomic E-state index is 4.40. The van der Waals surface area contributed by atoms with Gasteiger partial charge in [0.1, 0.15) is 5.82 Å². The molecule has 0 unspecified atom stereocenters. The molecule has 0 aliphatic heterocycles. The smallest absolute Gasteiger partial charge is 0.123 e. The molecule has 0 saturated carbocycles. The fourth-order valence-electron chi connectivity index (χ4n) is 1.60. The Morgan fingerprint density at radius 1 is 1.46 bits per heavy atom. The van der Waals surface area contributed by atoms with Crippen LogP contribution in [-0.4, -0.2) is 28.5 Å². The van der Waals surface area contributed by atoms with Crippen molar-refractivity contribution in [2.45, 2.75) is 33.4 Å². The summed E-state index contributed by atoms with van der Waals surface area (Å²) in [5.74, 6) is 1.15. The van der Waals surface area contributed by atoms with Crippen molar-refractivity contribution in [2.24, 2.45) is 0 Å². The lowest BCUT2D eigenvalue weighted by Crippen LogP contribution is -2.17. The molecule has 0 amide bonds. The summed E-state index contributed by atoms with van der Waals surface area (Å²) in [5.41, 5.74) is 1.24. The van der Waals surface area contributed by atoms with Crippen molar-refractivity contribution >= 4 is 0 Å². The van der Waals surface area contributed by atoms with Gasteiger partial charge in [0.25, 0.3) is 0 Å². The summed E-state index contributed by atoms with van der Waals surface area (Å²) in [7, 11) is 4.13. The molecule has 1 aromatic heterocycles. The molecule has 0 radical (unpaired) electrons. The lowest BCUT2D eigenvalue weighted by Gasteiger charge is -2.16. The fourth-order valence-corrected chi connectivity index (χ4v) is 1.60. The van der Waals surface area contributed by atoms with E-state index in [0.29, 0.717) is 6.04 Å². The standard InChI is InChI=1S/C10H19N3/c1-8(2)13-9(3)6-11-10(13)7-12(4)5/h6,8H,7H2,1-5H3. The number of imidazole rings is 1. The van der Waals surface area contributed by atoms with Crippen molar-refractivity contribution in [3.05, 3.63) is 17.7 Å². The van der Waals surface area contributed by atoms with Crippen LogP contribution in [0.15, 0.2) is 6.20 Å². The number of nitrogens with zero attached hydrogens (tertiary/aromatic N) is 3. The maximum absolute atomic E-state index is 4.40. The zero-order valence-corrected chi connectivity index (χ0v) is 9.20. The molecular weight excluding hydrogens is 162 g/mol. The van der Waals surface area contributed by atoms with Crippen molar-refractivity contribution in [3.8, 4) is 0 Å². The monoisotopic (exact) mass is 181 g/mol. The predicted octanol–water partition coefficient (Wildman–Crippen LogP) is 1.83. The Hall–Kier alpha value is -0.830. The van der Waals surface area contributed by atoms with E-state index in [0.717, 1.165) is 12.4 Å². The van der Waals surface area contributed by atoms with Gasteiger partial charge in [-0.25, -0.2) is 4.98 Å². The molecule has 0 N–H and O–H groups in total. The molecule has 1 heterocycles. The molecule has 3 heteroatoms. The van der Waals surface area contributed by atoms with Crippen LogP contribution in [0, 0.1) is 6.92 Å². The van der Waals surface area contributed by atoms with E-state index in [1.807, 2.05) is 6.20 Å². The average Bonchev–Trinajstić information content (AvgIpc) is 2.30. The van der Waals surface area contributed by atoms with Gasteiger partial charge in [-0.05, 0) is 34.9 Å². The highest BCUT2D eigenvalue weighted by Gasteiger charge is 2.09. The Bertz CT molecular complexity index is 274. The van der Waals surface area contributed by atoms with E-state index >= 15 is 0 Å². The molecule has 0 atom stereocenters. The summed E-state index contributed by atoms with van der Waals surface area (Å²) in [6.45, 7) is 7.39. The molecule has 13 heavy (non-hydrogen) atoms. The van der Waals surface area contributed by atoms with Gasteiger partial charge in [-0.2, -0.15) is 0 Å². The summed E-state index contributed by atoms with van der Waals surface area (Å²) in [6.07, 6.45) is 1.94. The van der Waals surface area contributed by atoms with Gasteiger partial charge in [0.15, 0.2) is 0 Å². The Kier molecular flexibility index (Phi) is 3.09. The summed E-state index contributed by atoms with van der Waals surface area (Å²) in [6, 6.07) is 0.498. The first-order chi connectivity index (χ1) is 6.02. The highest BCUT2D eigenvalue weighted by atomic mass is 15.2. The van der Waals surface area contributed by atoms with Crippen molar-refractivity contribution in [2.75, 3.05) is 14.1 Å². The molecular formula is C10H19N3. The lowest BCUT2D eigenvalue weighted by molar-refractivity contribution is 0.373. The van der Waals surface area contributed by atoms with Gasteiger partial charge >= 0.3 is 0 Å². The quantitative estimate of drug-likeness (QED) is 0.709. The largest absolute Gasteiger partial charge is 0.329 e. The lowest BCUT2D eigenvalue weighted by atomic mass is 10.3. The molecule has 0 bridgehead atoms. The number of rotatable bonds is 3. The minimum atomic E-state index is 0.498. The molecule has 1 aromatic rings. The second kappa shape index (κ2) is 3.92. The Labute approximate surface area is 80.4 Å². The fraction of sp³-hybridized carbons (Fsp3) is 0.700. The molecule has 0 aliphatic rings. The second-order valence-electron chi connectivity index (χ2n) is 4.02. The minimum Gasteiger partial charge on any atom is -0.329 e. The molecule has 0 aliphatic carbocycles. The summed E-state index contributed by atoms with van der Waals surface area (Å²) < 4.78 is 2.28. The number of aromatic nitrogens is 2. The van der Waals surface area contributed by atoms with E-state index in [-0.39, 0.29) is 0 Å². The molecule has 0 spiro atoms. The van der Waals surface area contributed by atoms with Crippen molar-refractivity contribution < 1.29 is 0 Å². The molecule has 0 saturated heterocycles. The first-order valence-electron chi connectivity index (χ1n) is 4.69. The van der Waals surface area contributed by atoms with Crippen molar-refractivity contribution in [1.29, 1.82) is 0 Å². The van der Waals surface area contributed by atoms with Crippen LogP contribution in [0.3, 0.4) is 0 Å². The number of hydrogen-bond acceptors (Lipinski definition) is 2. The third kappa shape index (κ3) is 2.31. The van der Waals surface area contributed by atoms with Gasteiger partial charge in [-0.15, -0.1) is 0 Å². The van der Waals surface area contributed by atoms with Crippen LogP contribution in [0.4, 0.5) is 0 Å². The van der Waals surface area contributed by atoms with Crippen LogP contribution in [-0.2, 0) is 6.54 Å². The van der Waals surface area contributed by atoms with E-state index in [4.69, 9.17) is 0 Å². The molecule has 3 nitrogen and oxygen atoms in total. The normalized spacial score (nSPS) is 11.6. The first kappa shape index (κ1) is 10.3. The minimum absolute atomic E-state index is 0.498. The number of hydrogen-bond donors (Lipinski definition) is 0. The second-order valence-corrected chi connectivity index (χ2v) is 4.02. The highest BCUT2D eigenvalue weighted by Crippen LogP contribution is 2.13. The predicted molar refractivity (Wildman–Crippen MR) is 54.7 cm³/mol. The molecule has 0 fully saturated rings. The number of aryl methyl sites for hydroxylation is 1. The van der Waals surface area contributed by atoms with Crippen molar-refractivity contribution in [1.82, 2.24) is 14.5 Å². The zero-order chi connectivity index (χ0) is 10.0. The van der Waals surface area contributed by atoms with Gasteiger partial charge in [-0.3, -0.25) is 0 Å². The van der Waals surface area contributed by atoms with Gasteiger partial charge in [-0.1, -0.05) is 0 Å².